The number of nitrogens with one attached hydrogen (secondary N) is 1. The summed E-state index contributed by atoms with van der Waals surface area (Å²) in [6.45, 7) is 0. The number of nitro groups is 1. The van der Waals surface area contributed by atoms with Crippen LogP contribution in [0.4, 0.5) is 17.1 Å². The van der Waals surface area contributed by atoms with Crippen molar-refractivity contribution in [3.8, 4) is 11.5 Å². The summed E-state index contributed by atoms with van der Waals surface area (Å²) in [5.74, 6) is -1.89. The van der Waals surface area contributed by atoms with Gasteiger partial charge in [-0.15, -0.1) is 0 Å². The summed E-state index contributed by atoms with van der Waals surface area (Å²) >= 11 is 0. The third kappa shape index (κ3) is 3.98. The van der Waals surface area contributed by atoms with Crippen molar-refractivity contribution in [3.63, 3.8) is 0 Å². The summed E-state index contributed by atoms with van der Waals surface area (Å²) in [5.41, 5.74) is 1.33. The van der Waals surface area contributed by atoms with E-state index in [0.29, 0.717) is 22.7 Å². The molecule has 1 saturated heterocycles. The maximum atomic E-state index is 15.1. The highest BCUT2D eigenvalue weighted by Gasteiger charge is 2.70. The first-order valence-electron chi connectivity index (χ1n) is 14.3. The molecule has 7 rings (SSSR count). The topological polar surface area (TPSA) is 128 Å². The maximum absolute atomic E-state index is 15.1. The molecule has 0 aromatic heterocycles. The van der Waals surface area contributed by atoms with E-state index in [1.54, 1.807) is 30.3 Å². The first kappa shape index (κ1) is 28.0. The summed E-state index contributed by atoms with van der Waals surface area (Å²) in [7, 11) is 2.93. The lowest BCUT2D eigenvalue weighted by molar-refractivity contribution is -0.384. The molecule has 4 aromatic carbocycles. The van der Waals surface area contributed by atoms with Crippen LogP contribution in [0.5, 0.6) is 11.5 Å². The number of benzene rings is 4. The number of ketones is 2. The first-order chi connectivity index (χ1) is 21.8. The van der Waals surface area contributed by atoms with Crippen molar-refractivity contribution in [1.29, 1.82) is 0 Å². The van der Waals surface area contributed by atoms with Gasteiger partial charge in [0, 0.05) is 29.1 Å². The van der Waals surface area contributed by atoms with Crippen molar-refractivity contribution >= 4 is 40.6 Å². The van der Waals surface area contributed by atoms with Crippen LogP contribution >= 0.6 is 0 Å². The third-order valence-corrected chi connectivity index (χ3v) is 9.13. The van der Waals surface area contributed by atoms with Gasteiger partial charge in [0.2, 0.25) is 5.91 Å². The molecular formula is C35H27N3O7. The lowest BCUT2D eigenvalue weighted by Crippen LogP contribution is -2.51. The smallest absolute Gasteiger partial charge is 0.269 e. The lowest BCUT2D eigenvalue weighted by Gasteiger charge is -2.37. The summed E-state index contributed by atoms with van der Waals surface area (Å²) in [6.07, 6.45) is 3.80. The summed E-state index contributed by atoms with van der Waals surface area (Å²) in [6, 6.07) is 23.0. The molecule has 0 unspecified atom stereocenters. The average molecular weight is 602 g/mol. The van der Waals surface area contributed by atoms with Crippen molar-refractivity contribution in [1.82, 2.24) is 0 Å². The molecule has 45 heavy (non-hydrogen) atoms. The Morgan fingerprint density at radius 2 is 1.64 bits per heavy atom. The van der Waals surface area contributed by atoms with E-state index in [4.69, 9.17) is 9.47 Å². The number of rotatable bonds is 7. The highest BCUT2D eigenvalue weighted by Crippen LogP contribution is 2.58. The zero-order valence-corrected chi connectivity index (χ0v) is 24.3. The summed E-state index contributed by atoms with van der Waals surface area (Å²) in [5, 5.41) is 14.4. The Balaban J connectivity index is 1.53. The molecule has 0 bridgehead atoms. The van der Waals surface area contributed by atoms with Gasteiger partial charge < -0.3 is 19.7 Å². The van der Waals surface area contributed by atoms with Crippen LogP contribution in [0.15, 0.2) is 97.1 Å². The SMILES string of the molecule is COc1ccc(OC)c(C(=O)[C@@H]2[C@H](C(=O)c3ccc([N+](=O)[O-])cc3)N3c4ccccc4C=C[C@@H]3[C@@]23C(=O)Nc2ccccc23)c1. The van der Waals surface area contributed by atoms with E-state index in [9.17, 15) is 19.7 Å². The number of methoxy groups -OCH3 is 2. The van der Waals surface area contributed by atoms with Crippen molar-refractivity contribution in [2.45, 2.75) is 17.5 Å². The van der Waals surface area contributed by atoms with Gasteiger partial charge in [-0.3, -0.25) is 24.5 Å². The summed E-state index contributed by atoms with van der Waals surface area (Å²) in [4.78, 5) is 57.2. The summed E-state index contributed by atoms with van der Waals surface area (Å²) < 4.78 is 11.1. The lowest BCUT2D eigenvalue weighted by atomic mass is 9.64. The minimum absolute atomic E-state index is 0.164. The van der Waals surface area contributed by atoms with Gasteiger partial charge in [0.15, 0.2) is 11.6 Å². The van der Waals surface area contributed by atoms with Crippen LogP contribution in [0.2, 0.25) is 0 Å². The second-order valence-corrected chi connectivity index (χ2v) is 11.2. The molecule has 3 aliphatic rings. The van der Waals surface area contributed by atoms with Gasteiger partial charge in [0.25, 0.3) is 5.69 Å². The predicted molar refractivity (Wildman–Crippen MR) is 167 cm³/mol. The van der Waals surface area contributed by atoms with Gasteiger partial charge in [-0.1, -0.05) is 48.6 Å². The standard InChI is InChI=1S/C35H27N3O7/c1-44-23-16-17-28(45-2)24(19-23)33(40)30-31(32(39)21-11-14-22(15-12-21)38(42)43)37-27-10-6-3-7-20(27)13-18-29(37)35(30)25-8-4-5-9-26(25)36-34(35)41/h3-19,29-31H,1-2H3,(H,36,41)/t29-,30+,31-,35-/m1/s1. The molecule has 10 heteroatoms. The molecule has 0 saturated carbocycles. The Morgan fingerprint density at radius 1 is 0.911 bits per heavy atom. The number of carbonyl (C=O) groups excluding carboxylic acids is 3. The van der Waals surface area contributed by atoms with Crippen molar-refractivity contribution in [2.24, 2.45) is 5.92 Å². The monoisotopic (exact) mass is 601 g/mol. The number of amides is 1. The third-order valence-electron chi connectivity index (χ3n) is 9.13. The second kappa shape index (κ2) is 10.4. The van der Waals surface area contributed by atoms with Gasteiger partial charge in [-0.2, -0.15) is 0 Å². The number of hydrogen-bond acceptors (Lipinski definition) is 8. The number of anilines is 2. The van der Waals surface area contributed by atoms with E-state index >= 15 is 4.79 Å². The largest absolute Gasteiger partial charge is 0.497 e. The number of Topliss-reactive ketones (excluding diaryl/α,β-unsaturated/α-hetero) is 2. The fourth-order valence-electron chi connectivity index (χ4n) is 7.21. The normalized spacial score (nSPS) is 22.3. The van der Waals surface area contributed by atoms with E-state index in [-0.39, 0.29) is 22.6 Å². The van der Waals surface area contributed by atoms with E-state index in [0.717, 1.165) is 5.56 Å². The number of hydrogen-bond donors (Lipinski definition) is 1. The average Bonchev–Trinajstić information content (AvgIpc) is 3.55. The molecule has 224 valence electrons. The molecule has 3 aliphatic heterocycles. The number of carbonyl (C=O) groups is 3. The second-order valence-electron chi connectivity index (χ2n) is 11.2. The molecule has 1 N–H and O–H groups in total. The highest BCUT2D eigenvalue weighted by atomic mass is 16.6. The van der Waals surface area contributed by atoms with Crippen LogP contribution in [-0.2, 0) is 10.2 Å². The van der Waals surface area contributed by atoms with E-state index in [2.05, 4.69) is 5.32 Å². The molecule has 1 spiro atoms. The van der Waals surface area contributed by atoms with Crippen LogP contribution < -0.4 is 19.7 Å². The molecule has 0 aliphatic carbocycles. The quantitative estimate of drug-likeness (QED) is 0.168. The molecule has 1 fully saturated rings. The molecule has 4 aromatic rings. The molecule has 10 nitrogen and oxygen atoms in total. The van der Waals surface area contributed by atoms with Crippen molar-refractivity contribution < 1.29 is 28.8 Å². The van der Waals surface area contributed by atoms with Crippen LogP contribution in [0.25, 0.3) is 6.08 Å². The minimum atomic E-state index is -1.52. The van der Waals surface area contributed by atoms with Crippen LogP contribution in [0.3, 0.4) is 0 Å². The first-order valence-corrected chi connectivity index (χ1v) is 14.3. The van der Waals surface area contributed by atoms with E-state index in [1.165, 1.54) is 38.5 Å². The predicted octanol–water partition coefficient (Wildman–Crippen LogP) is 5.47. The van der Waals surface area contributed by atoms with E-state index in [1.807, 2.05) is 53.5 Å². The Kier molecular flexibility index (Phi) is 6.50. The number of nitrogens with zero attached hydrogens (tertiary/aromatic N) is 2. The zero-order chi connectivity index (χ0) is 31.5. The Bertz CT molecular complexity index is 1940. The number of ether oxygens (including phenoxy) is 2. The van der Waals surface area contributed by atoms with Crippen LogP contribution in [0, 0.1) is 16.0 Å². The Labute approximate surface area is 258 Å². The Hall–Kier alpha value is -5.77. The zero-order valence-electron chi connectivity index (χ0n) is 24.3. The van der Waals surface area contributed by atoms with Gasteiger partial charge >= 0.3 is 0 Å². The van der Waals surface area contributed by atoms with Crippen LogP contribution in [-0.4, -0.2) is 48.7 Å². The fraction of sp³-hybridized carbons (Fsp3) is 0.171. The van der Waals surface area contributed by atoms with Crippen LogP contribution in [0.1, 0.15) is 31.8 Å². The fourth-order valence-corrected chi connectivity index (χ4v) is 7.21. The number of para-hydroxylation sites is 2. The molecule has 3 heterocycles. The Morgan fingerprint density at radius 3 is 2.38 bits per heavy atom. The highest BCUT2D eigenvalue weighted by molar-refractivity contribution is 6.19. The molecule has 4 atom stereocenters. The van der Waals surface area contributed by atoms with Crippen molar-refractivity contribution in [2.75, 3.05) is 24.4 Å². The number of non-ortho nitro benzene ring substituents is 1. The van der Waals surface area contributed by atoms with Gasteiger partial charge in [-0.25, -0.2) is 0 Å². The molecule has 1 amide bonds. The number of nitro benzene ring substituents is 1. The minimum Gasteiger partial charge on any atom is -0.497 e. The van der Waals surface area contributed by atoms with E-state index < -0.39 is 45.8 Å². The molecular weight excluding hydrogens is 574 g/mol. The van der Waals surface area contributed by atoms with Gasteiger partial charge in [0.05, 0.1) is 36.7 Å². The van der Waals surface area contributed by atoms with Gasteiger partial charge in [0.1, 0.15) is 23.0 Å². The molecule has 0 radical (unpaired) electrons. The van der Waals surface area contributed by atoms with Gasteiger partial charge in [-0.05, 0) is 53.6 Å². The number of fused-ring (bicyclic) bond motifs is 6. The van der Waals surface area contributed by atoms with Crippen molar-refractivity contribution in [3.05, 3.63) is 129 Å². The maximum Gasteiger partial charge on any atom is 0.269 e.